The molecule has 1 aliphatic heterocycles. The lowest BCUT2D eigenvalue weighted by atomic mass is 10.1. The molecule has 0 saturated heterocycles. The number of benzene rings is 2. The van der Waals surface area contributed by atoms with Crippen molar-refractivity contribution in [2.75, 3.05) is 17.7 Å². The van der Waals surface area contributed by atoms with Crippen LogP contribution in [0.4, 0.5) is 5.82 Å². The Morgan fingerprint density at radius 1 is 1.17 bits per heavy atom. The Bertz CT molecular complexity index is 968. The van der Waals surface area contributed by atoms with Crippen molar-refractivity contribution in [3.63, 3.8) is 0 Å². The molecule has 29 heavy (non-hydrogen) atoms. The van der Waals surface area contributed by atoms with Gasteiger partial charge in [-0.25, -0.2) is 4.68 Å². The van der Waals surface area contributed by atoms with Gasteiger partial charge in [0.05, 0.1) is 23.8 Å². The largest absolute Gasteiger partial charge is 0.493 e. The monoisotopic (exact) mass is 407 g/mol. The summed E-state index contributed by atoms with van der Waals surface area (Å²) in [6.45, 7) is 4.77. The van der Waals surface area contributed by atoms with Gasteiger partial charge in [0.2, 0.25) is 5.91 Å². The maximum Gasteiger partial charge on any atom is 0.235 e. The van der Waals surface area contributed by atoms with Crippen LogP contribution in [0, 0.1) is 0 Å². The van der Waals surface area contributed by atoms with Crippen molar-refractivity contribution >= 4 is 23.5 Å². The Hall–Kier alpha value is -2.73. The SMILES string of the molecule is CC(C)n1ncc2c1NC(=O)CS[C@@H]2c1ccc(OCCc2ccccc2)cc1. The summed E-state index contributed by atoms with van der Waals surface area (Å²) in [6.07, 6.45) is 2.76. The highest BCUT2D eigenvalue weighted by Gasteiger charge is 2.28. The van der Waals surface area contributed by atoms with Crippen LogP contribution in [0.3, 0.4) is 0 Å². The molecule has 1 atom stereocenters. The van der Waals surface area contributed by atoms with Crippen molar-refractivity contribution in [3.05, 3.63) is 77.5 Å². The summed E-state index contributed by atoms with van der Waals surface area (Å²) in [5, 5.41) is 7.59. The van der Waals surface area contributed by atoms with Crippen molar-refractivity contribution in [3.8, 4) is 5.75 Å². The number of nitrogens with one attached hydrogen (secondary N) is 1. The van der Waals surface area contributed by atoms with Crippen LogP contribution in [0.2, 0.25) is 0 Å². The second kappa shape index (κ2) is 8.74. The van der Waals surface area contributed by atoms with Crippen LogP contribution in [-0.2, 0) is 11.2 Å². The van der Waals surface area contributed by atoms with Gasteiger partial charge in [0.25, 0.3) is 0 Å². The maximum atomic E-state index is 12.2. The van der Waals surface area contributed by atoms with Crippen molar-refractivity contribution in [1.82, 2.24) is 9.78 Å². The van der Waals surface area contributed by atoms with E-state index in [-0.39, 0.29) is 17.2 Å². The van der Waals surface area contributed by atoms with E-state index in [1.807, 2.05) is 41.2 Å². The molecule has 0 aliphatic carbocycles. The average Bonchev–Trinajstić information content (AvgIpc) is 3.06. The van der Waals surface area contributed by atoms with Gasteiger partial charge >= 0.3 is 0 Å². The molecule has 1 aliphatic rings. The van der Waals surface area contributed by atoms with Crippen LogP contribution < -0.4 is 10.1 Å². The number of anilines is 1. The van der Waals surface area contributed by atoms with Gasteiger partial charge in [-0.05, 0) is 37.1 Å². The predicted molar refractivity (Wildman–Crippen MR) is 118 cm³/mol. The number of fused-ring (bicyclic) bond motifs is 1. The lowest BCUT2D eigenvalue weighted by Crippen LogP contribution is -2.17. The summed E-state index contributed by atoms with van der Waals surface area (Å²) in [4.78, 5) is 12.2. The number of aromatic nitrogens is 2. The molecule has 4 rings (SSSR count). The van der Waals surface area contributed by atoms with Crippen molar-refractivity contribution < 1.29 is 9.53 Å². The van der Waals surface area contributed by atoms with Crippen LogP contribution in [0.5, 0.6) is 5.75 Å². The van der Waals surface area contributed by atoms with Crippen molar-refractivity contribution in [2.45, 2.75) is 31.6 Å². The number of rotatable bonds is 6. The van der Waals surface area contributed by atoms with Crippen molar-refractivity contribution in [1.29, 1.82) is 0 Å². The van der Waals surface area contributed by atoms with E-state index in [9.17, 15) is 4.79 Å². The lowest BCUT2D eigenvalue weighted by molar-refractivity contribution is -0.113. The molecule has 0 bridgehead atoms. The van der Waals surface area contributed by atoms with E-state index in [0.29, 0.717) is 12.4 Å². The van der Waals surface area contributed by atoms with Crippen LogP contribution in [0.25, 0.3) is 0 Å². The second-order valence-electron chi connectivity index (χ2n) is 7.38. The van der Waals surface area contributed by atoms with Gasteiger partial charge in [0, 0.05) is 18.0 Å². The third-order valence-corrected chi connectivity index (χ3v) is 6.21. The fourth-order valence-electron chi connectivity index (χ4n) is 3.45. The Morgan fingerprint density at radius 3 is 2.66 bits per heavy atom. The van der Waals surface area contributed by atoms with Gasteiger partial charge < -0.3 is 10.1 Å². The summed E-state index contributed by atoms with van der Waals surface area (Å²) in [5.74, 6) is 2.10. The van der Waals surface area contributed by atoms with Gasteiger partial charge in [0.1, 0.15) is 11.6 Å². The zero-order valence-corrected chi connectivity index (χ0v) is 17.5. The molecule has 0 saturated carbocycles. The Kier molecular flexibility index (Phi) is 5.90. The first-order valence-corrected chi connectivity index (χ1v) is 10.9. The number of thioether (sulfide) groups is 1. The first kappa shape index (κ1) is 19.6. The summed E-state index contributed by atoms with van der Waals surface area (Å²) in [5.41, 5.74) is 3.46. The van der Waals surface area contributed by atoms with E-state index in [2.05, 4.69) is 48.5 Å². The number of nitrogens with zero attached hydrogens (tertiary/aromatic N) is 2. The minimum Gasteiger partial charge on any atom is -0.493 e. The molecule has 2 aromatic carbocycles. The van der Waals surface area contributed by atoms with Crippen LogP contribution >= 0.6 is 11.8 Å². The quantitative estimate of drug-likeness (QED) is 0.634. The molecule has 0 unspecified atom stereocenters. The molecular formula is C23H25N3O2S. The number of hydrogen-bond donors (Lipinski definition) is 1. The summed E-state index contributed by atoms with van der Waals surface area (Å²) in [6, 6.07) is 18.7. The third-order valence-electron chi connectivity index (χ3n) is 4.92. The number of carbonyl (C=O) groups is 1. The molecule has 1 N–H and O–H groups in total. The highest BCUT2D eigenvalue weighted by atomic mass is 32.2. The smallest absolute Gasteiger partial charge is 0.235 e. The lowest BCUT2D eigenvalue weighted by Gasteiger charge is -2.16. The van der Waals surface area contributed by atoms with E-state index >= 15 is 0 Å². The van der Waals surface area contributed by atoms with E-state index in [1.54, 1.807) is 11.8 Å². The van der Waals surface area contributed by atoms with Gasteiger partial charge in [-0.15, -0.1) is 11.8 Å². The topological polar surface area (TPSA) is 56.2 Å². The molecule has 3 aromatic rings. The molecular weight excluding hydrogens is 382 g/mol. The molecule has 0 spiro atoms. The molecule has 0 fully saturated rings. The summed E-state index contributed by atoms with van der Waals surface area (Å²) < 4.78 is 7.79. The molecule has 1 amide bonds. The van der Waals surface area contributed by atoms with E-state index < -0.39 is 0 Å². The Balaban J connectivity index is 1.48. The van der Waals surface area contributed by atoms with Crippen LogP contribution in [0.15, 0.2) is 60.8 Å². The highest BCUT2D eigenvalue weighted by molar-refractivity contribution is 8.00. The van der Waals surface area contributed by atoms with Gasteiger partial charge in [-0.1, -0.05) is 42.5 Å². The Morgan fingerprint density at radius 2 is 1.93 bits per heavy atom. The van der Waals surface area contributed by atoms with Crippen LogP contribution in [0.1, 0.15) is 41.8 Å². The summed E-state index contributed by atoms with van der Waals surface area (Å²) in [7, 11) is 0. The third kappa shape index (κ3) is 4.48. The number of carbonyl (C=O) groups excluding carboxylic acids is 1. The molecule has 5 nitrogen and oxygen atoms in total. The second-order valence-corrected chi connectivity index (χ2v) is 8.47. The number of amides is 1. The molecule has 2 heterocycles. The van der Waals surface area contributed by atoms with Crippen LogP contribution in [-0.4, -0.2) is 28.0 Å². The minimum absolute atomic E-state index is 0.0158. The Labute approximate surface area is 175 Å². The molecule has 1 aromatic heterocycles. The van der Waals surface area contributed by atoms with E-state index in [0.717, 1.165) is 29.1 Å². The van der Waals surface area contributed by atoms with Gasteiger partial charge in [-0.2, -0.15) is 5.10 Å². The normalized spacial score (nSPS) is 16.2. The number of ether oxygens (including phenoxy) is 1. The van der Waals surface area contributed by atoms with E-state index in [4.69, 9.17) is 4.74 Å². The molecule has 150 valence electrons. The maximum absolute atomic E-state index is 12.2. The molecule has 0 radical (unpaired) electrons. The zero-order chi connectivity index (χ0) is 20.2. The fraction of sp³-hybridized carbons (Fsp3) is 0.304. The van der Waals surface area contributed by atoms with Gasteiger partial charge in [-0.3, -0.25) is 4.79 Å². The average molecular weight is 408 g/mol. The minimum atomic E-state index is 0.0158. The standard InChI is InChI=1S/C23H25N3O2S/c1-16(2)26-23-20(14-24-26)22(29-15-21(27)25-23)18-8-10-19(11-9-18)28-13-12-17-6-4-3-5-7-17/h3-11,14,16,22H,12-13,15H2,1-2H3,(H,25,27)/t22-/m1/s1. The fourth-order valence-corrected chi connectivity index (χ4v) is 4.54. The highest BCUT2D eigenvalue weighted by Crippen LogP contribution is 2.42. The predicted octanol–water partition coefficient (Wildman–Crippen LogP) is 4.86. The van der Waals surface area contributed by atoms with Gasteiger partial charge in [0.15, 0.2) is 0 Å². The first-order valence-electron chi connectivity index (χ1n) is 9.87. The summed E-state index contributed by atoms with van der Waals surface area (Å²) >= 11 is 1.63. The number of hydrogen-bond acceptors (Lipinski definition) is 4. The van der Waals surface area contributed by atoms with E-state index in [1.165, 1.54) is 5.56 Å². The zero-order valence-electron chi connectivity index (χ0n) is 16.7. The van der Waals surface area contributed by atoms with Crippen molar-refractivity contribution in [2.24, 2.45) is 0 Å². The first-order chi connectivity index (χ1) is 14.1. The molecule has 6 heteroatoms.